The second kappa shape index (κ2) is 9.17. The normalized spacial score (nSPS) is 13.3. The lowest BCUT2D eigenvalue weighted by Gasteiger charge is -2.25. The molecule has 3 rings (SSSR count). The topological polar surface area (TPSA) is 141 Å². The van der Waals surface area contributed by atoms with Gasteiger partial charge in [-0.3, -0.25) is 4.79 Å². The lowest BCUT2D eigenvalue weighted by Crippen LogP contribution is -2.39. The number of carbonyl (C=O) groups is 1. The number of hydrogen-bond acceptors (Lipinski definition) is 8. The minimum absolute atomic E-state index is 0.0147. The van der Waals surface area contributed by atoms with E-state index >= 15 is 0 Å². The number of carbonyl (C=O) groups excluding carboxylic acids is 1. The molecule has 0 aliphatic heterocycles. The van der Waals surface area contributed by atoms with Gasteiger partial charge in [0, 0.05) is 17.8 Å². The Labute approximate surface area is 179 Å². The molecule has 0 saturated carbocycles. The summed E-state index contributed by atoms with van der Waals surface area (Å²) in [5, 5.41) is 10.5. The Morgan fingerprint density at radius 2 is 2.00 bits per heavy atom. The van der Waals surface area contributed by atoms with Crippen molar-refractivity contribution in [3.8, 4) is 5.88 Å². The molecule has 0 aliphatic carbocycles. The summed E-state index contributed by atoms with van der Waals surface area (Å²) in [6.07, 6.45) is 0.725. The Hall–Kier alpha value is -3.40. The van der Waals surface area contributed by atoms with Gasteiger partial charge in [0.25, 0.3) is 11.8 Å². The summed E-state index contributed by atoms with van der Waals surface area (Å²) in [6.45, 7) is 5.95. The van der Waals surface area contributed by atoms with Crippen LogP contribution in [0.1, 0.15) is 37.6 Å². The highest BCUT2D eigenvalue weighted by atomic mass is 19.1. The third-order valence-electron chi connectivity index (χ3n) is 4.82. The van der Waals surface area contributed by atoms with Crippen LogP contribution in [0.2, 0.25) is 0 Å². The predicted molar refractivity (Wildman–Crippen MR) is 117 cm³/mol. The second-order valence-electron chi connectivity index (χ2n) is 7.85. The van der Waals surface area contributed by atoms with Gasteiger partial charge in [-0.1, -0.05) is 13.8 Å². The second-order valence-corrected chi connectivity index (χ2v) is 7.85. The molecule has 0 unspecified atom stereocenters. The number of rotatable bonds is 9. The maximum Gasteiger partial charge on any atom is 0.261 e. The lowest BCUT2D eigenvalue weighted by molar-refractivity contribution is 0.100. The van der Waals surface area contributed by atoms with Crippen molar-refractivity contribution in [1.29, 1.82) is 0 Å². The van der Waals surface area contributed by atoms with Crippen LogP contribution >= 0.6 is 0 Å². The van der Waals surface area contributed by atoms with Crippen LogP contribution in [0.5, 0.6) is 5.88 Å². The van der Waals surface area contributed by atoms with E-state index in [1.165, 1.54) is 7.11 Å². The molecular formula is C21H27FN6O3. The summed E-state index contributed by atoms with van der Waals surface area (Å²) in [7, 11) is 1.48. The number of fused-ring (bicyclic) bond motifs is 1. The zero-order valence-electron chi connectivity index (χ0n) is 17.9. The predicted octanol–water partition coefficient (Wildman–Crippen LogP) is 3.39. The third kappa shape index (κ3) is 5.02. The average Bonchev–Trinajstić information content (AvgIpc) is 3.11. The van der Waals surface area contributed by atoms with Crippen molar-refractivity contribution in [3.63, 3.8) is 0 Å². The Morgan fingerprint density at radius 3 is 2.61 bits per heavy atom. The molecule has 1 amide bonds. The van der Waals surface area contributed by atoms with E-state index in [0.29, 0.717) is 28.5 Å². The van der Waals surface area contributed by atoms with Gasteiger partial charge in [0.15, 0.2) is 17.2 Å². The first kappa shape index (κ1) is 22.3. The van der Waals surface area contributed by atoms with Crippen LogP contribution in [0.15, 0.2) is 28.8 Å². The van der Waals surface area contributed by atoms with Gasteiger partial charge in [-0.25, -0.2) is 9.37 Å². The number of anilines is 3. The summed E-state index contributed by atoms with van der Waals surface area (Å²) in [4.78, 5) is 16.2. The molecular weight excluding hydrogens is 403 g/mol. The molecule has 2 aromatic heterocycles. The zero-order chi connectivity index (χ0) is 22.7. The third-order valence-corrected chi connectivity index (χ3v) is 4.82. The number of pyridine rings is 1. The standard InChI is InChI=1S/C21H27FN6O3/c1-10(2)7-16(11(3)23)26-20-15(22)9-14(18(24)29)19(27-20)25-12-5-6-17-13(8-12)21(30-4)28-31-17/h5-6,8-11,16H,7,23H2,1-4H3,(H2,24,29)(H2,25,26,27)/t11-,16+/m0/s1. The van der Waals surface area contributed by atoms with Crippen molar-refractivity contribution < 1.29 is 18.4 Å². The van der Waals surface area contributed by atoms with Gasteiger partial charge in [0.2, 0.25) is 0 Å². The number of ether oxygens (including phenoxy) is 1. The SMILES string of the molecule is COc1noc2ccc(Nc3nc(N[C@H](CC(C)C)[C@H](C)N)c(F)cc3C(N)=O)cc12. The minimum atomic E-state index is -0.810. The number of nitrogens with one attached hydrogen (secondary N) is 2. The molecule has 0 saturated heterocycles. The number of hydrogen-bond donors (Lipinski definition) is 4. The van der Waals surface area contributed by atoms with Gasteiger partial charge in [-0.05, 0) is 48.7 Å². The first-order chi connectivity index (χ1) is 14.7. The quantitative estimate of drug-likeness (QED) is 0.405. The van der Waals surface area contributed by atoms with Crippen molar-refractivity contribution in [2.24, 2.45) is 17.4 Å². The van der Waals surface area contributed by atoms with Crippen molar-refractivity contribution >= 4 is 34.2 Å². The smallest absolute Gasteiger partial charge is 0.261 e. The average molecular weight is 430 g/mol. The van der Waals surface area contributed by atoms with Crippen LogP contribution in [0.4, 0.5) is 21.7 Å². The van der Waals surface area contributed by atoms with E-state index in [0.717, 1.165) is 12.5 Å². The number of nitrogens with zero attached hydrogens (tertiary/aromatic N) is 2. The fourth-order valence-corrected chi connectivity index (χ4v) is 3.24. The molecule has 2 heterocycles. The van der Waals surface area contributed by atoms with E-state index in [9.17, 15) is 9.18 Å². The number of amides is 1. The highest BCUT2D eigenvalue weighted by Crippen LogP contribution is 2.30. The van der Waals surface area contributed by atoms with E-state index in [1.807, 2.05) is 6.92 Å². The first-order valence-electron chi connectivity index (χ1n) is 9.92. The summed E-state index contributed by atoms with van der Waals surface area (Å²) in [5.74, 6) is -0.742. The van der Waals surface area contributed by atoms with Crippen molar-refractivity contribution in [2.75, 3.05) is 17.7 Å². The Morgan fingerprint density at radius 1 is 1.26 bits per heavy atom. The molecule has 9 nitrogen and oxygen atoms in total. The zero-order valence-corrected chi connectivity index (χ0v) is 17.9. The summed E-state index contributed by atoms with van der Waals surface area (Å²) in [5.41, 5.74) is 12.5. The molecule has 0 aliphatic rings. The Bertz CT molecular complexity index is 1080. The largest absolute Gasteiger partial charge is 0.478 e. The van der Waals surface area contributed by atoms with E-state index in [1.54, 1.807) is 18.2 Å². The van der Waals surface area contributed by atoms with Gasteiger partial charge >= 0.3 is 0 Å². The van der Waals surface area contributed by atoms with Gasteiger partial charge in [-0.15, -0.1) is 0 Å². The molecule has 10 heteroatoms. The van der Waals surface area contributed by atoms with Gasteiger partial charge in [0.05, 0.1) is 18.1 Å². The summed E-state index contributed by atoms with van der Waals surface area (Å²) < 4.78 is 25.1. The molecule has 0 fully saturated rings. The van der Waals surface area contributed by atoms with Gasteiger partial charge < -0.3 is 31.4 Å². The highest BCUT2D eigenvalue weighted by molar-refractivity contribution is 5.99. The molecule has 3 aromatic rings. The summed E-state index contributed by atoms with van der Waals surface area (Å²) in [6, 6.07) is 5.74. The van der Waals surface area contributed by atoms with Crippen molar-refractivity contribution in [2.45, 2.75) is 39.3 Å². The van der Waals surface area contributed by atoms with Gasteiger partial charge in [-0.2, -0.15) is 0 Å². The first-order valence-corrected chi connectivity index (χ1v) is 9.92. The number of benzene rings is 1. The Kier molecular flexibility index (Phi) is 6.59. The molecule has 2 atom stereocenters. The van der Waals surface area contributed by atoms with E-state index in [2.05, 4.69) is 34.6 Å². The summed E-state index contributed by atoms with van der Waals surface area (Å²) >= 11 is 0. The molecule has 31 heavy (non-hydrogen) atoms. The van der Waals surface area contributed by atoms with E-state index < -0.39 is 11.7 Å². The van der Waals surface area contributed by atoms with Crippen molar-refractivity contribution in [1.82, 2.24) is 10.1 Å². The maximum absolute atomic E-state index is 14.7. The van der Waals surface area contributed by atoms with Crippen LogP contribution in [-0.4, -0.2) is 35.2 Å². The molecule has 0 radical (unpaired) electrons. The van der Waals surface area contributed by atoms with Crippen LogP contribution in [0, 0.1) is 11.7 Å². The number of primary amides is 1. The van der Waals surface area contributed by atoms with E-state index in [-0.39, 0.29) is 29.3 Å². The molecule has 1 aromatic carbocycles. The van der Waals surface area contributed by atoms with Crippen LogP contribution in [0.25, 0.3) is 11.0 Å². The molecule has 0 bridgehead atoms. The molecule has 0 spiro atoms. The monoisotopic (exact) mass is 430 g/mol. The van der Waals surface area contributed by atoms with Crippen LogP contribution in [-0.2, 0) is 0 Å². The molecule has 166 valence electrons. The fraction of sp³-hybridized carbons (Fsp3) is 0.381. The number of aromatic nitrogens is 2. The lowest BCUT2D eigenvalue weighted by atomic mass is 9.99. The van der Waals surface area contributed by atoms with Gasteiger partial charge in [0.1, 0.15) is 5.82 Å². The van der Waals surface area contributed by atoms with Crippen LogP contribution in [0.3, 0.4) is 0 Å². The molecule has 6 N–H and O–H groups in total. The van der Waals surface area contributed by atoms with Crippen LogP contribution < -0.4 is 26.8 Å². The van der Waals surface area contributed by atoms with Crippen molar-refractivity contribution in [3.05, 3.63) is 35.6 Å². The fourth-order valence-electron chi connectivity index (χ4n) is 3.24. The minimum Gasteiger partial charge on any atom is -0.478 e. The highest BCUT2D eigenvalue weighted by Gasteiger charge is 2.21. The maximum atomic E-state index is 14.7. The number of nitrogens with two attached hydrogens (primary N) is 2. The van der Waals surface area contributed by atoms with E-state index in [4.69, 9.17) is 20.7 Å². The number of methoxy groups -OCH3 is 1. The Balaban J connectivity index is 1.98. The number of halogens is 1.